The number of methoxy groups -OCH3 is 2. The van der Waals surface area contributed by atoms with Crippen LogP contribution in [0.5, 0.6) is 11.5 Å². The van der Waals surface area contributed by atoms with E-state index >= 15 is 0 Å². The number of unbranched alkanes of at least 4 members (excludes halogenated alkanes) is 2. The van der Waals surface area contributed by atoms with E-state index in [4.69, 9.17) is 19.4 Å². The molecule has 172 valence electrons. The number of nitrogens with zero attached hydrogens (tertiary/aromatic N) is 2. The van der Waals surface area contributed by atoms with Gasteiger partial charge >= 0.3 is 5.97 Å². The van der Waals surface area contributed by atoms with Gasteiger partial charge in [-0.3, -0.25) is 14.9 Å². The summed E-state index contributed by atoms with van der Waals surface area (Å²) in [4.78, 5) is 32.5. The normalized spacial score (nSPS) is 10.3. The van der Waals surface area contributed by atoms with Gasteiger partial charge in [-0.05, 0) is 31.5 Å². The first-order valence-electron chi connectivity index (χ1n) is 9.77. The molecule has 0 aliphatic rings. The quantitative estimate of drug-likeness (QED) is 0.409. The summed E-state index contributed by atoms with van der Waals surface area (Å²) in [6.07, 6.45) is 3.71. The van der Waals surface area contributed by atoms with E-state index in [1.54, 1.807) is 24.1 Å². The van der Waals surface area contributed by atoms with Gasteiger partial charge in [-0.2, -0.15) is 5.06 Å². The molecule has 0 bridgehead atoms. The maximum atomic E-state index is 12.2. The van der Waals surface area contributed by atoms with Gasteiger partial charge in [0.1, 0.15) is 4.88 Å². The number of aromatic nitrogens is 1. The number of rotatable bonds is 10. The average molecular weight is 454 g/mol. The Bertz CT molecular complexity index is 854. The summed E-state index contributed by atoms with van der Waals surface area (Å²) in [6.45, 7) is 4.63. The zero-order valence-corrected chi connectivity index (χ0v) is 19.7. The van der Waals surface area contributed by atoms with Gasteiger partial charge in [0.2, 0.25) is 0 Å². The second-order valence-corrected chi connectivity index (χ2v) is 7.61. The van der Waals surface area contributed by atoms with Crippen LogP contribution in [0.1, 0.15) is 51.9 Å². The maximum Gasteiger partial charge on any atom is 0.347 e. The first-order chi connectivity index (χ1) is 14.7. The molecule has 0 unspecified atom stereocenters. The molecule has 9 nitrogen and oxygen atoms in total. The third-order valence-corrected chi connectivity index (χ3v) is 5.02. The number of carboxylic acids is 1. The molecule has 1 aromatic heterocycles. The van der Waals surface area contributed by atoms with Crippen molar-refractivity contribution in [3.63, 3.8) is 0 Å². The zero-order valence-electron chi connectivity index (χ0n) is 18.9. The zero-order chi connectivity index (χ0) is 23.4. The van der Waals surface area contributed by atoms with Crippen molar-refractivity contribution in [2.45, 2.75) is 33.1 Å². The lowest BCUT2D eigenvalue weighted by atomic mass is 10.2. The number of nitrogens with one attached hydrogen (secondary N) is 1. The highest BCUT2D eigenvalue weighted by molar-refractivity contribution is 7.17. The smallest absolute Gasteiger partial charge is 0.347 e. The number of thiazole rings is 1. The molecule has 2 aromatic rings. The fourth-order valence-corrected chi connectivity index (χ4v) is 3.19. The van der Waals surface area contributed by atoms with Crippen molar-refractivity contribution in [3.8, 4) is 11.5 Å². The van der Waals surface area contributed by atoms with Gasteiger partial charge in [0, 0.05) is 19.7 Å². The second kappa shape index (κ2) is 13.6. The summed E-state index contributed by atoms with van der Waals surface area (Å²) in [7, 11) is 6.80. The van der Waals surface area contributed by atoms with Gasteiger partial charge in [-0.25, -0.2) is 9.78 Å². The number of hydrogen-bond acceptors (Lipinski definition) is 8. The largest absolute Gasteiger partial charge is 0.493 e. The molecular formula is C21H31N3O6S. The van der Waals surface area contributed by atoms with Crippen molar-refractivity contribution in [2.75, 3.05) is 40.2 Å². The first-order valence-corrected chi connectivity index (χ1v) is 10.6. The van der Waals surface area contributed by atoms with Crippen molar-refractivity contribution in [1.29, 1.82) is 0 Å². The van der Waals surface area contributed by atoms with E-state index in [1.807, 2.05) is 14.1 Å². The van der Waals surface area contributed by atoms with Crippen LogP contribution in [0.4, 0.5) is 5.13 Å². The van der Waals surface area contributed by atoms with Crippen molar-refractivity contribution in [3.05, 3.63) is 34.3 Å². The maximum absolute atomic E-state index is 12.2. The van der Waals surface area contributed by atoms with Crippen LogP contribution in [0.15, 0.2) is 18.2 Å². The van der Waals surface area contributed by atoms with Crippen molar-refractivity contribution < 1.29 is 29.0 Å². The third-order valence-electron chi connectivity index (χ3n) is 3.95. The van der Waals surface area contributed by atoms with Gasteiger partial charge in [0.25, 0.3) is 5.91 Å². The van der Waals surface area contributed by atoms with E-state index in [-0.39, 0.29) is 10.0 Å². The molecule has 1 amide bonds. The number of carboxylic acid groups (broad SMARTS) is 1. The molecule has 2 N–H and O–H groups in total. The number of anilines is 1. The predicted octanol–water partition coefficient (Wildman–Crippen LogP) is 4.09. The van der Waals surface area contributed by atoms with Crippen LogP contribution in [0.2, 0.25) is 0 Å². The molecule has 0 spiro atoms. The van der Waals surface area contributed by atoms with Gasteiger partial charge in [0.15, 0.2) is 16.6 Å². The fourth-order valence-electron chi connectivity index (χ4n) is 2.39. The van der Waals surface area contributed by atoms with Gasteiger partial charge in [0.05, 0.1) is 26.5 Å². The molecular weight excluding hydrogens is 422 g/mol. The summed E-state index contributed by atoms with van der Waals surface area (Å²) in [5, 5.41) is 13.5. The standard InChI is InChI=1S/C14H14N2O5S.C7H17NO/c1-7-11(13(18)19)22-14(15-7)16-12(17)8-4-5-9(20-2)10(6-8)21-3;1-4-5-6-7-9-8(2)3/h4-6H,1-3H3,(H,18,19)(H,15,16,17);4-7H2,1-3H3. The molecule has 31 heavy (non-hydrogen) atoms. The Morgan fingerprint density at radius 1 is 1.16 bits per heavy atom. The van der Waals surface area contributed by atoms with Crippen molar-refractivity contribution in [1.82, 2.24) is 10.0 Å². The van der Waals surface area contributed by atoms with Gasteiger partial charge in [-0.15, -0.1) is 0 Å². The SMILES string of the molecule is CCCCCON(C)C.COc1ccc(C(=O)Nc2nc(C)c(C(=O)O)s2)cc1OC. The van der Waals surface area contributed by atoms with Crippen molar-refractivity contribution >= 4 is 28.3 Å². The minimum atomic E-state index is -1.07. The van der Waals surface area contributed by atoms with E-state index in [9.17, 15) is 9.59 Å². The Labute approximate surface area is 186 Å². The van der Waals surface area contributed by atoms with Crippen LogP contribution in [0, 0.1) is 6.92 Å². The minimum absolute atomic E-state index is 0.0996. The highest BCUT2D eigenvalue weighted by Gasteiger charge is 2.17. The summed E-state index contributed by atoms with van der Waals surface area (Å²) in [6, 6.07) is 4.73. The lowest BCUT2D eigenvalue weighted by Gasteiger charge is -2.09. The van der Waals surface area contributed by atoms with Crippen molar-refractivity contribution in [2.24, 2.45) is 0 Å². The summed E-state index contributed by atoms with van der Waals surface area (Å²) in [5.41, 5.74) is 0.711. The summed E-state index contributed by atoms with van der Waals surface area (Å²) in [5.74, 6) is -0.540. The van der Waals surface area contributed by atoms with Crippen LogP contribution < -0.4 is 14.8 Å². The Kier molecular flexibility index (Phi) is 11.5. The molecule has 1 aromatic carbocycles. The van der Waals surface area contributed by atoms with E-state index < -0.39 is 11.9 Å². The molecule has 0 saturated carbocycles. The molecule has 0 saturated heterocycles. The number of amides is 1. The topological polar surface area (TPSA) is 110 Å². The molecule has 10 heteroatoms. The van der Waals surface area contributed by atoms with Crippen LogP contribution >= 0.6 is 11.3 Å². The number of aryl methyl sites for hydroxylation is 1. The monoisotopic (exact) mass is 453 g/mol. The molecule has 0 fully saturated rings. The molecule has 1 heterocycles. The highest BCUT2D eigenvalue weighted by atomic mass is 32.1. The molecule has 0 radical (unpaired) electrons. The van der Waals surface area contributed by atoms with Crippen LogP contribution in [-0.2, 0) is 4.84 Å². The molecule has 2 rings (SSSR count). The molecule has 0 aliphatic heterocycles. The summed E-state index contributed by atoms with van der Waals surface area (Å²) >= 11 is 0.910. The van der Waals surface area contributed by atoms with Crippen LogP contribution in [-0.4, -0.2) is 62.0 Å². The number of hydrogen-bond donors (Lipinski definition) is 2. The molecule has 0 atom stereocenters. The van der Waals surface area contributed by atoms with Crippen LogP contribution in [0.25, 0.3) is 0 Å². The summed E-state index contributed by atoms with van der Waals surface area (Å²) < 4.78 is 10.2. The van der Waals surface area contributed by atoms with E-state index in [1.165, 1.54) is 39.5 Å². The predicted molar refractivity (Wildman–Crippen MR) is 120 cm³/mol. The Morgan fingerprint density at radius 3 is 2.35 bits per heavy atom. The highest BCUT2D eigenvalue weighted by Crippen LogP contribution is 2.28. The number of aromatic carboxylic acids is 1. The average Bonchev–Trinajstić information content (AvgIpc) is 3.11. The fraction of sp³-hybridized carbons (Fsp3) is 0.476. The number of ether oxygens (including phenoxy) is 2. The Morgan fingerprint density at radius 2 is 1.84 bits per heavy atom. The number of benzene rings is 1. The molecule has 0 aliphatic carbocycles. The lowest BCUT2D eigenvalue weighted by Crippen LogP contribution is -2.12. The van der Waals surface area contributed by atoms with Crippen LogP contribution in [0.3, 0.4) is 0 Å². The van der Waals surface area contributed by atoms with E-state index in [0.717, 1.165) is 17.9 Å². The Balaban J connectivity index is 0.000000452. The number of hydroxylamine groups is 2. The Hall–Kier alpha value is -2.69. The third kappa shape index (κ3) is 8.91. The lowest BCUT2D eigenvalue weighted by molar-refractivity contribution is -0.120. The second-order valence-electron chi connectivity index (χ2n) is 6.62. The van der Waals surface area contributed by atoms with E-state index in [2.05, 4.69) is 17.2 Å². The van der Waals surface area contributed by atoms with E-state index in [0.29, 0.717) is 22.8 Å². The van der Waals surface area contributed by atoms with Gasteiger partial charge < -0.3 is 14.6 Å². The minimum Gasteiger partial charge on any atom is -0.493 e. The number of carbonyl (C=O) groups excluding carboxylic acids is 1. The first kappa shape index (κ1) is 26.3. The van der Waals surface area contributed by atoms with Gasteiger partial charge in [-0.1, -0.05) is 31.1 Å². The number of carbonyl (C=O) groups is 2.